The Kier molecular flexibility index (Phi) is 7.12. The second kappa shape index (κ2) is 9.53. The van der Waals surface area contributed by atoms with Gasteiger partial charge in [0.25, 0.3) is 5.69 Å². The van der Waals surface area contributed by atoms with Crippen molar-refractivity contribution < 1.29 is 15.0 Å². The standard InChI is InChI=1S/C12H14N2O.C6H4ClN3O4/c13-11-5-6-12(14-7-8-15)10-4-2-1-3-9(10)11;7-4-1-3(9(11)12)2-5(6(4)8)10(13)14/h1-6,14-15H,7-8,13H2;1-2H,8H2. The van der Waals surface area contributed by atoms with Crippen molar-refractivity contribution in [1.82, 2.24) is 0 Å². The first-order valence-electron chi connectivity index (χ1n) is 8.26. The number of non-ortho nitro benzene ring substituents is 1. The predicted octanol–water partition coefficient (Wildman–Crippen LogP) is 3.56. The molecule has 0 atom stereocenters. The zero-order chi connectivity index (χ0) is 21.6. The Labute approximate surface area is 170 Å². The van der Waals surface area contributed by atoms with E-state index >= 15 is 0 Å². The Balaban J connectivity index is 0.000000208. The maximum Gasteiger partial charge on any atom is 0.300 e. The summed E-state index contributed by atoms with van der Waals surface area (Å²) in [4.78, 5) is 19.1. The summed E-state index contributed by atoms with van der Waals surface area (Å²) in [5.41, 5.74) is 11.6. The van der Waals surface area contributed by atoms with Gasteiger partial charge in [-0.2, -0.15) is 0 Å². The highest BCUT2D eigenvalue weighted by Crippen LogP contribution is 2.33. The number of aliphatic hydroxyl groups excluding tert-OH is 1. The van der Waals surface area contributed by atoms with E-state index in [9.17, 15) is 20.2 Å². The quantitative estimate of drug-likeness (QED) is 0.276. The second-order valence-corrected chi connectivity index (χ2v) is 6.18. The fraction of sp³-hybridized carbons (Fsp3) is 0.111. The second-order valence-electron chi connectivity index (χ2n) is 5.77. The van der Waals surface area contributed by atoms with Gasteiger partial charge in [0.05, 0.1) is 27.5 Å². The highest BCUT2D eigenvalue weighted by atomic mass is 35.5. The smallest absolute Gasteiger partial charge is 0.300 e. The van der Waals surface area contributed by atoms with Gasteiger partial charge >= 0.3 is 5.69 Å². The molecule has 11 heteroatoms. The fourth-order valence-corrected chi connectivity index (χ4v) is 2.72. The van der Waals surface area contributed by atoms with Crippen molar-refractivity contribution in [1.29, 1.82) is 0 Å². The largest absolute Gasteiger partial charge is 0.398 e. The van der Waals surface area contributed by atoms with Gasteiger partial charge in [0.15, 0.2) is 0 Å². The summed E-state index contributed by atoms with van der Waals surface area (Å²) in [5, 5.41) is 34.6. The van der Waals surface area contributed by atoms with E-state index < -0.39 is 21.2 Å². The summed E-state index contributed by atoms with van der Waals surface area (Å²) in [6, 6.07) is 13.5. The molecule has 29 heavy (non-hydrogen) atoms. The molecule has 0 fully saturated rings. The van der Waals surface area contributed by atoms with E-state index in [1.54, 1.807) is 0 Å². The van der Waals surface area contributed by atoms with Crippen LogP contribution in [0.3, 0.4) is 0 Å². The lowest BCUT2D eigenvalue weighted by molar-refractivity contribution is -0.393. The molecular weight excluding hydrogens is 402 g/mol. The zero-order valence-corrected chi connectivity index (χ0v) is 15.8. The number of fused-ring (bicyclic) bond motifs is 1. The van der Waals surface area contributed by atoms with E-state index in [1.165, 1.54) is 0 Å². The lowest BCUT2D eigenvalue weighted by Gasteiger charge is -2.10. The number of benzene rings is 3. The van der Waals surface area contributed by atoms with Gasteiger partial charge in [-0.05, 0) is 12.1 Å². The molecule has 0 aliphatic heterocycles. The Morgan fingerprint density at radius 3 is 2.24 bits per heavy atom. The van der Waals surface area contributed by atoms with Crippen LogP contribution < -0.4 is 16.8 Å². The minimum atomic E-state index is -0.825. The number of nitrogens with zero attached hydrogens (tertiary/aromatic N) is 2. The molecule has 6 N–H and O–H groups in total. The summed E-state index contributed by atoms with van der Waals surface area (Å²) < 4.78 is 0. The van der Waals surface area contributed by atoms with E-state index in [0.717, 1.165) is 34.3 Å². The normalized spacial score (nSPS) is 10.1. The molecule has 0 amide bonds. The highest BCUT2D eigenvalue weighted by molar-refractivity contribution is 6.33. The average Bonchev–Trinajstić information content (AvgIpc) is 2.70. The van der Waals surface area contributed by atoms with Gasteiger partial charge in [0.1, 0.15) is 5.69 Å². The number of rotatable bonds is 5. The van der Waals surface area contributed by atoms with Crippen LogP contribution in [0.4, 0.5) is 28.4 Å². The average molecular weight is 420 g/mol. The number of nitrogen functional groups attached to an aromatic ring is 2. The maximum absolute atomic E-state index is 10.4. The van der Waals surface area contributed by atoms with E-state index in [-0.39, 0.29) is 17.3 Å². The SMILES string of the molecule is Nc1c(Cl)cc([N+](=O)[O-])cc1[N+](=O)[O-].Nc1ccc(NCCO)c2ccccc12. The van der Waals surface area contributed by atoms with Gasteiger partial charge in [-0.15, -0.1) is 0 Å². The summed E-state index contributed by atoms with van der Waals surface area (Å²) in [6.07, 6.45) is 0. The van der Waals surface area contributed by atoms with Crippen molar-refractivity contribution in [3.05, 3.63) is 73.8 Å². The van der Waals surface area contributed by atoms with Gasteiger partial charge in [0.2, 0.25) is 0 Å². The number of nitro groups is 2. The number of nitrogens with two attached hydrogens (primary N) is 2. The fourth-order valence-electron chi connectivity index (χ4n) is 2.51. The van der Waals surface area contributed by atoms with E-state index in [4.69, 9.17) is 28.2 Å². The number of anilines is 3. The third-order valence-electron chi connectivity index (χ3n) is 3.89. The van der Waals surface area contributed by atoms with Gasteiger partial charge in [-0.25, -0.2) is 0 Å². The van der Waals surface area contributed by atoms with Crippen LogP contribution >= 0.6 is 11.6 Å². The molecule has 0 saturated carbocycles. The van der Waals surface area contributed by atoms with Crippen molar-refractivity contribution in [3.8, 4) is 0 Å². The lowest BCUT2D eigenvalue weighted by Crippen LogP contribution is -2.05. The third kappa shape index (κ3) is 5.21. The molecule has 3 aromatic carbocycles. The van der Waals surface area contributed by atoms with Crippen LogP contribution in [0, 0.1) is 20.2 Å². The van der Waals surface area contributed by atoms with Crippen LogP contribution in [0.15, 0.2) is 48.5 Å². The predicted molar refractivity (Wildman–Crippen MR) is 113 cm³/mol. The lowest BCUT2D eigenvalue weighted by atomic mass is 10.1. The number of hydrogen-bond acceptors (Lipinski definition) is 8. The van der Waals surface area contributed by atoms with Crippen LogP contribution in [0.2, 0.25) is 5.02 Å². The molecule has 3 aromatic rings. The van der Waals surface area contributed by atoms with Gasteiger partial charge in [-0.1, -0.05) is 35.9 Å². The van der Waals surface area contributed by atoms with Crippen LogP contribution in [-0.4, -0.2) is 28.1 Å². The van der Waals surface area contributed by atoms with E-state index in [0.29, 0.717) is 6.54 Å². The molecular formula is C18H18ClN5O5. The van der Waals surface area contributed by atoms with Crippen molar-refractivity contribution in [3.63, 3.8) is 0 Å². The summed E-state index contributed by atoms with van der Waals surface area (Å²) >= 11 is 5.47. The van der Waals surface area contributed by atoms with Crippen molar-refractivity contribution in [2.24, 2.45) is 0 Å². The Morgan fingerprint density at radius 2 is 1.66 bits per heavy atom. The molecule has 0 heterocycles. The topological polar surface area (TPSA) is 171 Å². The number of hydrogen-bond donors (Lipinski definition) is 4. The summed E-state index contributed by atoms with van der Waals surface area (Å²) in [7, 11) is 0. The van der Waals surface area contributed by atoms with Crippen LogP contribution in [0.25, 0.3) is 10.8 Å². The minimum absolute atomic E-state index is 0.124. The summed E-state index contributed by atoms with van der Waals surface area (Å²) in [6.45, 7) is 0.673. The molecule has 0 aromatic heterocycles. The molecule has 0 saturated heterocycles. The first kappa shape index (κ1) is 21.7. The van der Waals surface area contributed by atoms with Crippen LogP contribution in [-0.2, 0) is 0 Å². The van der Waals surface area contributed by atoms with Gasteiger partial charge < -0.3 is 21.9 Å². The van der Waals surface area contributed by atoms with Crippen LogP contribution in [0.1, 0.15) is 0 Å². The Hall–Kier alpha value is -3.63. The number of aliphatic hydroxyl groups is 1. The molecule has 0 radical (unpaired) electrons. The molecule has 0 spiro atoms. The number of halogens is 1. The molecule has 3 rings (SSSR count). The monoisotopic (exact) mass is 419 g/mol. The molecule has 0 aliphatic rings. The molecule has 0 unspecified atom stereocenters. The van der Waals surface area contributed by atoms with Crippen molar-refractivity contribution in [2.45, 2.75) is 0 Å². The zero-order valence-electron chi connectivity index (χ0n) is 15.0. The van der Waals surface area contributed by atoms with Gasteiger partial charge in [-0.3, -0.25) is 20.2 Å². The molecule has 10 nitrogen and oxygen atoms in total. The summed E-state index contributed by atoms with van der Waals surface area (Å²) in [5.74, 6) is 0. The Morgan fingerprint density at radius 1 is 1.00 bits per heavy atom. The first-order chi connectivity index (χ1) is 13.8. The maximum atomic E-state index is 10.4. The highest BCUT2D eigenvalue weighted by Gasteiger charge is 2.21. The van der Waals surface area contributed by atoms with E-state index in [1.807, 2.05) is 36.4 Å². The van der Waals surface area contributed by atoms with Crippen LogP contribution in [0.5, 0.6) is 0 Å². The van der Waals surface area contributed by atoms with Crippen molar-refractivity contribution >= 4 is 50.8 Å². The van der Waals surface area contributed by atoms with Crippen molar-refractivity contribution in [2.75, 3.05) is 29.9 Å². The number of nitrogens with one attached hydrogen (secondary N) is 1. The molecule has 152 valence electrons. The van der Waals surface area contributed by atoms with Gasteiger partial charge in [0, 0.05) is 34.8 Å². The third-order valence-corrected chi connectivity index (χ3v) is 4.20. The number of nitro benzene ring substituents is 2. The van der Waals surface area contributed by atoms with E-state index in [2.05, 4.69) is 5.32 Å². The first-order valence-corrected chi connectivity index (χ1v) is 8.63. The molecule has 0 bridgehead atoms. The Bertz CT molecular complexity index is 1060. The molecule has 0 aliphatic carbocycles. The minimum Gasteiger partial charge on any atom is -0.398 e.